The van der Waals surface area contributed by atoms with Crippen LogP contribution in [0.25, 0.3) is 0 Å². The lowest BCUT2D eigenvalue weighted by Crippen LogP contribution is -2.40. The first-order chi connectivity index (χ1) is 10.5. The Labute approximate surface area is 136 Å². The Kier molecular flexibility index (Phi) is 6.09. The highest BCUT2D eigenvalue weighted by atomic mass is 32.2. The lowest BCUT2D eigenvalue weighted by Gasteiger charge is -2.23. The van der Waals surface area contributed by atoms with E-state index in [1.165, 1.54) is 12.1 Å². The quantitative estimate of drug-likeness (QED) is 0.572. The fraction of sp³-hybridized carbons (Fsp3) is 0.571. The lowest BCUT2D eigenvalue weighted by atomic mass is 10.1. The van der Waals surface area contributed by atoms with E-state index in [0.29, 0.717) is 6.54 Å². The Hall–Kier alpha value is -1.71. The lowest BCUT2D eigenvalue weighted by molar-refractivity contribution is -0.384. The van der Waals surface area contributed by atoms with Gasteiger partial charge in [-0.3, -0.25) is 10.1 Å². The molecule has 23 heavy (non-hydrogen) atoms. The average molecular weight is 345 g/mol. The molecule has 0 fully saturated rings. The van der Waals surface area contributed by atoms with Crippen molar-refractivity contribution in [2.75, 3.05) is 24.6 Å². The summed E-state index contributed by atoms with van der Waals surface area (Å²) in [5, 5.41) is 20.4. The van der Waals surface area contributed by atoms with Gasteiger partial charge in [-0.25, -0.2) is 13.1 Å². The van der Waals surface area contributed by atoms with Crippen LogP contribution in [-0.4, -0.2) is 43.7 Å². The number of hydrogen-bond acceptors (Lipinski definition) is 6. The topological polar surface area (TPSA) is 113 Å². The number of benzene rings is 1. The van der Waals surface area contributed by atoms with Crippen molar-refractivity contribution in [3.63, 3.8) is 0 Å². The molecule has 9 heteroatoms. The largest absolute Gasteiger partial charge is 0.395 e. The SMILES string of the molecule is CCN(CCO)c1ccc(S(=O)(=O)NC(C)(C)C)cc1[N+](=O)[O-]. The summed E-state index contributed by atoms with van der Waals surface area (Å²) in [6.45, 7) is 7.38. The third-order valence-electron chi connectivity index (χ3n) is 2.99. The summed E-state index contributed by atoms with van der Waals surface area (Å²) in [5.41, 5.74) is -0.725. The predicted molar refractivity (Wildman–Crippen MR) is 88.1 cm³/mol. The Morgan fingerprint density at radius 3 is 2.39 bits per heavy atom. The molecule has 1 aromatic rings. The van der Waals surface area contributed by atoms with Gasteiger partial charge in [0.1, 0.15) is 5.69 Å². The Morgan fingerprint density at radius 1 is 1.35 bits per heavy atom. The van der Waals surface area contributed by atoms with Crippen LogP contribution in [0, 0.1) is 10.1 Å². The molecule has 130 valence electrons. The highest BCUT2D eigenvalue weighted by molar-refractivity contribution is 7.89. The van der Waals surface area contributed by atoms with Gasteiger partial charge >= 0.3 is 0 Å². The molecule has 1 aromatic carbocycles. The van der Waals surface area contributed by atoms with Gasteiger partial charge in [0.15, 0.2) is 0 Å². The smallest absolute Gasteiger partial charge is 0.293 e. The van der Waals surface area contributed by atoms with Crippen molar-refractivity contribution in [3.05, 3.63) is 28.3 Å². The van der Waals surface area contributed by atoms with E-state index in [1.54, 1.807) is 32.6 Å². The van der Waals surface area contributed by atoms with E-state index in [1.807, 2.05) is 0 Å². The zero-order valence-electron chi connectivity index (χ0n) is 13.7. The molecular weight excluding hydrogens is 322 g/mol. The molecule has 1 rings (SSSR count). The number of sulfonamides is 1. The summed E-state index contributed by atoms with van der Waals surface area (Å²) in [6.07, 6.45) is 0. The van der Waals surface area contributed by atoms with E-state index < -0.39 is 20.5 Å². The molecule has 0 heterocycles. The van der Waals surface area contributed by atoms with Crippen LogP contribution >= 0.6 is 0 Å². The second-order valence-electron chi connectivity index (χ2n) is 6.07. The molecular formula is C14H23N3O5S. The van der Waals surface area contributed by atoms with Crippen molar-refractivity contribution in [2.24, 2.45) is 0 Å². The maximum atomic E-state index is 12.3. The first-order valence-corrected chi connectivity index (χ1v) is 8.68. The molecule has 8 nitrogen and oxygen atoms in total. The van der Waals surface area contributed by atoms with Crippen LogP contribution in [0.15, 0.2) is 23.1 Å². The van der Waals surface area contributed by atoms with E-state index >= 15 is 0 Å². The fourth-order valence-electron chi connectivity index (χ4n) is 2.12. The number of anilines is 1. The summed E-state index contributed by atoms with van der Waals surface area (Å²) in [7, 11) is -3.86. The van der Waals surface area contributed by atoms with Crippen LogP contribution in [0.3, 0.4) is 0 Å². The minimum atomic E-state index is -3.86. The van der Waals surface area contributed by atoms with Crippen LogP contribution < -0.4 is 9.62 Å². The number of nitro groups is 1. The number of aliphatic hydroxyl groups excluding tert-OH is 1. The van der Waals surface area contributed by atoms with Gasteiger partial charge in [0.25, 0.3) is 5.69 Å². The Balaban J connectivity index is 3.36. The average Bonchev–Trinajstić information content (AvgIpc) is 2.41. The number of aliphatic hydroxyl groups is 1. The molecule has 0 amide bonds. The summed E-state index contributed by atoms with van der Waals surface area (Å²) < 4.78 is 27.1. The molecule has 0 aromatic heterocycles. The van der Waals surface area contributed by atoms with E-state index in [4.69, 9.17) is 5.11 Å². The van der Waals surface area contributed by atoms with Crippen molar-refractivity contribution in [1.82, 2.24) is 4.72 Å². The molecule has 2 N–H and O–H groups in total. The van der Waals surface area contributed by atoms with E-state index in [-0.39, 0.29) is 29.4 Å². The maximum Gasteiger partial charge on any atom is 0.293 e. The maximum absolute atomic E-state index is 12.3. The monoisotopic (exact) mass is 345 g/mol. The number of nitrogens with zero attached hydrogens (tertiary/aromatic N) is 2. The molecule has 0 atom stereocenters. The number of nitro benzene ring substituents is 1. The van der Waals surface area contributed by atoms with Crippen molar-refractivity contribution in [3.8, 4) is 0 Å². The molecule has 0 radical (unpaired) electrons. The Morgan fingerprint density at radius 2 is 1.96 bits per heavy atom. The van der Waals surface area contributed by atoms with Crippen LogP contribution in [-0.2, 0) is 10.0 Å². The van der Waals surface area contributed by atoms with E-state index in [2.05, 4.69) is 4.72 Å². The van der Waals surface area contributed by atoms with Crippen molar-refractivity contribution >= 4 is 21.4 Å². The van der Waals surface area contributed by atoms with Crippen LogP contribution in [0.4, 0.5) is 11.4 Å². The van der Waals surface area contributed by atoms with E-state index in [9.17, 15) is 18.5 Å². The minimum Gasteiger partial charge on any atom is -0.395 e. The first-order valence-electron chi connectivity index (χ1n) is 7.20. The van der Waals surface area contributed by atoms with Crippen LogP contribution in [0.1, 0.15) is 27.7 Å². The summed E-state index contributed by atoms with van der Waals surface area (Å²) in [6, 6.07) is 3.77. The zero-order valence-corrected chi connectivity index (χ0v) is 14.6. The molecule has 0 aliphatic rings. The molecule has 0 saturated heterocycles. The number of hydrogen-bond donors (Lipinski definition) is 2. The molecule has 0 saturated carbocycles. The van der Waals surface area contributed by atoms with Gasteiger partial charge in [-0.05, 0) is 39.8 Å². The molecule has 0 bridgehead atoms. The second kappa shape index (κ2) is 7.24. The zero-order chi connectivity index (χ0) is 17.8. The molecule has 0 aliphatic heterocycles. The van der Waals surface area contributed by atoms with Gasteiger partial charge in [0.05, 0.1) is 16.4 Å². The van der Waals surface area contributed by atoms with Gasteiger partial charge in [0.2, 0.25) is 10.0 Å². The van der Waals surface area contributed by atoms with Crippen molar-refractivity contribution in [1.29, 1.82) is 0 Å². The Bertz CT molecular complexity index is 667. The second-order valence-corrected chi connectivity index (χ2v) is 7.75. The van der Waals surface area contributed by atoms with Crippen molar-refractivity contribution in [2.45, 2.75) is 38.1 Å². The normalized spacial score (nSPS) is 12.2. The van der Waals surface area contributed by atoms with Gasteiger partial charge in [0, 0.05) is 24.7 Å². The molecule has 0 spiro atoms. The van der Waals surface area contributed by atoms with Crippen LogP contribution in [0.2, 0.25) is 0 Å². The third-order valence-corrected chi connectivity index (χ3v) is 4.74. The van der Waals surface area contributed by atoms with Gasteiger partial charge < -0.3 is 10.0 Å². The number of likely N-dealkylation sites (N-methyl/N-ethyl adjacent to an activating group) is 1. The molecule has 0 unspecified atom stereocenters. The number of rotatable bonds is 7. The summed E-state index contributed by atoms with van der Waals surface area (Å²) in [5.74, 6) is 0. The van der Waals surface area contributed by atoms with Gasteiger partial charge in [-0.15, -0.1) is 0 Å². The standard InChI is InChI=1S/C14H23N3O5S/c1-5-16(8-9-18)12-7-6-11(10-13(12)17(19)20)23(21,22)15-14(2,3)4/h6-7,10,15,18H,5,8-9H2,1-4H3. The van der Waals surface area contributed by atoms with Crippen molar-refractivity contribution < 1.29 is 18.4 Å². The fourth-order valence-corrected chi connectivity index (χ4v) is 3.55. The summed E-state index contributed by atoms with van der Waals surface area (Å²) >= 11 is 0. The molecule has 0 aliphatic carbocycles. The third kappa shape index (κ3) is 5.15. The van der Waals surface area contributed by atoms with E-state index in [0.717, 1.165) is 6.07 Å². The van der Waals surface area contributed by atoms with Gasteiger partial charge in [-0.1, -0.05) is 0 Å². The highest BCUT2D eigenvalue weighted by Crippen LogP contribution is 2.31. The van der Waals surface area contributed by atoms with Crippen LogP contribution in [0.5, 0.6) is 0 Å². The minimum absolute atomic E-state index is 0.156. The first kappa shape index (κ1) is 19.3. The summed E-state index contributed by atoms with van der Waals surface area (Å²) in [4.78, 5) is 12.1. The predicted octanol–water partition coefficient (Wildman–Crippen LogP) is 1.49. The van der Waals surface area contributed by atoms with Gasteiger partial charge in [-0.2, -0.15) is 0 Å². The number of nitrogens with one attached hydrogen (secondary N) is 1. The highest BCUT2D eigenvalue weighted by Gasteiger charge is 2.26.